The number of likely N-dealkylation sites (N-methyl/N-ethyl adjacent to an activating group) is 1. The van der Waals surface area contributed by atoms with Crippen LogP contribution in [0.25, 0.3) is 10.9 Å². The van der Waals surface area contributed by atoms with Gasteiger partial charge < -0.3 is 9.47 Å². The van der Waals surface area contributed by atoms with Gasteiger partial charge in [-0.2, -0.15) is 0 Å². The Morgan fingerprint density at radius 3 is 2.65 bits per heavy atom. The largest absolute Gasteiger partial charge is 0.347 e. The Balaban J connectivity index is 2.24. The second kappa shape index (κ2) is 3.88. The molecule has 90 valence electrons. The molecule has 1 aromatic carbocycles. The summed E-state index contributed by atoms with van der Waals surface area (Å²) in [6.45, 7) is 4.54. The standard InChI is InChI=1S/C15H20N2/c1-11-4-5-14-13(10-11)12-6-8-16(2)9-7-15(12)17(14)3/h4-5,10H,6-9H2,1-3H3. The van der Waals surface area contributed by atoms with Crippen molar-refractivity contribution in [2.75, 3.05) is 20.1 Å². The minimum atomic E-state index is 1.18. The molecular weight excluding hydrogens is 208 g/mol. The first-order valence-electron chi connectivity index (χ1n) is 6.42. The molecule has 17 heavy (non-hydrogen) atoms. The molecule has 1 aliphatic heterocycles. The minimum absolute atomic E-state index is 1.18. The second-order valence-corrected chi connectivity index (χ2v) is 5.31. The summed E-state index contributed by atoms with van der Waals surface area (Å²) in [6, 6.07) is 6.83. The maximum Gasteiger partial charge on any atom is 0.0482 e. The molecule has 0 amide bonds. The van der Waals surface area contributed by atoms with Crippen molar-refractivity contribution in [3.63, 3.8) is 0 Å². The SMILES string of the molecule is Cc1ccc2c(c1)c1c(n2C)CCN(C)CC1. The van der Waals surface area contributed by atoms with Crippen molar-refractivity contribution in [1.29, 1.82) is 0 Å². The highest BCUT2D eigenvalue weighted by molar-refractivity contribution is 5.86. The Morgan fingerprint density at radius 1 is 1.06 bits per heavy atom. The van der Waals surface area contributed by atoms with Crippen LogP contribution in [-0.4, -0.2) is 29.6 Å². The Bertz CT molecular complexity index is 566. The lowest BCUT2D eigenvalue weighted by Gasteiger charge is -2.12. The fourth-order valence-electron chi connectivity index (χ4n) is 3.00. The third-order valence-electron chi connectivity index (χ3n) is 4.07. The molecule has 0 radical (unpaired) electrons. The zero-order chi connectivity index (χ0) is 12.0. The molecular formula is C15H20N2. The molecule has 0 spiro atoms. The van der Waals surface area contributed by atoms with Crippen molar-refractivity contribution in [3.05, 3.63) is 35.0 Å². The molecule has 2 heteroatoms. The molecule has 1 aliphatic rings. The van der Waals surface area contributed by atoms with Gasteiger partial charge in [0.1, 0.15) is 0 Å². The van der Waals surface area contributed by atoms with Gasteiger partial charge >= 0.3 is 0 Å². The van der Waals surface area contributed by atoms with E-state index in [0.29, 0.717) is 0 Å². The molecule has 3 rings (SSSR count). The van der Waals surface area contributed by atoms with Crippen LogP contribution in [0.15, 0.2) is 18.2 Å². The van der Waals surface area contributed by atoms with Crippen LogP contribution >= 0.6 is 0 Å². The number of aromatic nitrogens is 1. The number of fused-ring (bicyclic) bond motifs is 3. The number of benzene rings is 1. The lowest BCUT2D eigenvalue weighted by Crippen LogP contribution is -2.21. The predicted molar refractivity (Wildman–Crippen MR) is 72.6 cm³/mol. The van der Waals surface area contributed by atoms with Gasteiger partial charge in [0.05, 0.1) is 0 Å². The highest BCUT2D eigenvalue weighted by Crippen LogP contribution is 2.28. The predicted octanol–water partition coefficient (Wildman–Crippen LogP) is 2.52. The molecule has 1 aromatic heterocycles. The molecule has 0 unspecified atom stereocenters. The minimum Gasteiger partial charge on any atom is -0.347 e. The van der Waals surface area contributed by atoms with E-state index in [1.807, 2.05) is 0 Å². The fourth-order valence-corrected chi connectivity index (χ4v) is 3.00. The summed E-state index contributed by atoms with van der Waals surface area (Å²) in [7, 11) is 4.43. The molecule has 0 saturated carbocycles. The number of hydrogen-bond donors (Lipinski definition) is 0. The average molecular weight is 228 g/mol. The van der Waals surface area contributed by atoms with Gasteiger partial charge in [0.15, 0.2) is 0 Å². The summed E-state index contributed by atoms with van der Waals surface area (Å²) < 4.78 is 2.39. The molecule has 0 bridgehead atoms. The van der Waals surface area contributed by atoms with Gasteiger partial charge in [-0.25, -0.2) is 0 Å². The maximum absolute atomic E-state index is 2.43. The van der Waals surface area contributed by atoms with Gasteiger partial charge in [0.25, 0.3) is 0 Å². The van der Waals surface area contributed by atoms with Crippen molar-refractivity contribution in [2.45, 2.75) is 19.8 Å². The van der Waals surface area contributed by atoms with Crippen molar-refractivity contribution >= 4 is 10.9 Å². The molecule has 2 nitrogen and oxygen atoms in total. The third-order valence-corrected chi connectivity index (χ3v) is 4.07. The lowest BCUT2D eigenvalue weighted by atomic mass is 10.1. The van der Waals surface area contributed by atoms with Gasteiger partial charge in [0.2, 0.25) is 0 Å². The first-order valence-corrected chi connectivity index (χ1v) is 6.42. The van der Waals surface area contributed by atoms with Gasteiger partial charge in [-0.3, -0.25) is 0 Å². The normalized spacial score (nSPS) is 17.1. The van der Waals surface area contributed by atoms with Crippen LogP contribution in [0.2, 0.25) is 0 Å². The Kier molecular flexibility index (Phi) is 2.48. The van der Waals surface area contributed by atoms with Crippen molar-refractivity contribution in [2.24, 2.45) is 7.05 Å². The van der Waals surface area contributed by atoms with E-state index < -0.39 is 0 Å². The van der Waals surface area contributed by atoms with Crippen LogP contribution < -0.4 is 0 Å². The quantitative estimate of drug-likeness (QED) is 0.672. The maximum atomic E-state index is 2.43. The Hall–Kier alpha value is -1.28. The summed E-state index contributed by atoms with van der Waals surface area (Å²) >= 11 is 0. The summed E-state index contributed by atoms with van der Waals surface area (Å²) in [5, 5.41) is 1.47. The number of rotatable bonds is 0. The van der Waals surface area contributed by atoms with E-state index in [2.05, 4.69) is 48.7 Å². The molecule has 2 aromatic rings. The van der Waals surface area contributed by atoms with Gasteiger partial charge in [-0.15, -0.1) is 0 Å². The summed E-state index contributed by atoms with van der Waals surface area (Å²) in [5.74, 6) is 0. The van der Waals surface area contributed by atoms with Gasteiger partial charge in [-0.1, -0.05) is 11.6 Å². The van der Waals surface area contributed by atoms with E-state index in [4.69, 9.17) is 0 Å². The Labute approximate surface area is 103 Å². The van der Waals surface area contributed by atoms with Crippen LogP contribution in [0.5, 0.6) is 0 Å². The molecule has 0 saturated heterocycles. The molecule has 0 atom stereocenters. The fraction of sp³-hybridized carbons (Fsp3) is 0.467. The number of nitrogens with zero attached hydrogens (tertiary/aromatic N) is 2. The van der Waals surface area contributed by atoms with E-state index in [9.17, 15) is 0 Å². The monoisotopic (exact) mass is 228 g/mol. The third kappa shape index (κ3) is 1.67. The van der Waals surface area contributed by atoms with E-state index in [1.54, 1.807) is 5.56 Å². The van der Waals surface area contributed by atoms with Crippen molar-refractivity contribution < 1.29 is 0 Å². The zero-order valence-corrected chi connectivity index (χ0v) is 11.0. The lowest BCUT2D eigenvalue weighted by molar-refractivity contribution is 0.351. The second-order valence-electron chi connectivity index (χ2n) is 5.31. The zero-order valence-electron chi connectivity index (χ0n) is 11.0. The van der Waals surface area contributed by atoms with Gasteiger partial charge in [0, 0.05) is 43.2 Å². The van der Waals surface area contributed by atoms with E-state index >= 15 is 0 Å². The highest BCUT2D eigenvalue weighted by Gasteiger charge is 2.18. The van der Waals surface area contributed by atoms with Crippen LogP contribution in [-0.2, 0) is 19.9 Å². The Morgan fingerprint density at radius 2 is 1.82 bits per heavy atom. The topological polar surface area (TPSA) is 8.17 Å². The summed E-state index contributed by atoms with van der Waals surface area (Å²) in [5.41, 5.74) is 5.87. The van der Waals surface area contributed by atoms with Crippen LogP contribution in [0.1, 0.15) is 16.8 Å². The molecule has 2 heterocycles. The summed E-state index contributed by atoms with van der Waals surface area (Å²) in [4.78, 5) is 2.43. The smallest absolute Gasteiger partial charge is 0.0482 e. The van der Waals surface area contributed by atoms with E-state index in [0.717, 1.165) is 0 Å². The van der Waals surface area contributed by atoms with Crippen molar-refractivity contribution in [1.82, 2.24) is 9.47 Å². The number of aryl methyl sites for hydroxylation is 2. The van der Waals surface area contributed by atoms with Crippen LogP contribution in [0.3, 0.4) is 0 Å². The molecule has 0 fully saturated rings. The number of hydrogen-bond acceptors (Lipinski definition) is 1. The first kappa shape index (κ1) is 10.8. The van der Waals surface area contributed by atoms with E-state index in [-0.39, 0.29) is 0 Å². The first-order chi connectivity index (χ1) is 8.16. The average Bonchev–Trinajstić information content (AvgIpc) is 2.46. The van der Waals surface area contributed by atoms with Crippen LogP contribution in [0, 0.1) is 6.92 Å². The molecule has 0 aliphatic carbocycles. The summed E-state index contributed by atoms with van der Waals surface area (Å²) in [6.07, 6.45) is 2.36. The molecule has 0 N–H and O–H groups in total. The van der Waals surface area contributed by atoms with E-state index in [1.165, 1.54) is 48.1 Å². The van der Waals surface area contributed by atoms with Gasteiger partial charge in [-0.05, 0) is 38.1 Å². The highest BCUT2D eigenvalue weighted by atomic mass is 15.1. The van der Waals surface area contributed by atoms with Crippen LogP contribution in [0.4, 0.5) is 0 Å². The van der Waals surface area contributed by atoms with Crippen molar-refractivity contribution in [3.8, 4) is 0 Å².